The Labute approximate surface area is 380 Å². The lowest BCUT2D eigenvalue weighted by atomic mass is 9.54. The summed E-state index contributed by atoms with van der Waals surface area (Å²) in [6.07, 6.45) is -3.90. The Balaban J connectivity index is 1.32. The largest absolute Gasteiger partial charge is 0.463 e. The van der Waals surface area contributed by atoms with E-state index in [1.54, 1.807) is 84.9 Å². The summed E-state index contributed by atoms with van der Waals surface area (Å²) in [6, 6.07) is 22.7. The van der Waals surface area contributed by atoms with E-state index in [9.17, 15) is 19.2 Å². The zero-order valence-electron chi connectivity index (χ0n) is 36.1. The van der Waals surface area contributed by atoms with Crippen LogP contribution in [-0.2, 0) is 69.1 Å². The highest BCUT2D eigenvalue weighted by Crippen LogP contribution is 2.72. The van der Waals surface area contributed by atoms with Crippen molar-refractivity contribution in [3.05, 3.63) is 120 Å². The first kappa shape index (κ1) is 43.1. The second-order valence-electron chi connectivity index (χ2n) is 17.4. The lowest BCUT2D eigenvalue weighted by molar-refractivity contribution is -0.165. The third kappa shape index (κ3) is 5.56. The number of likely N-dealkylation sites (N-methyl/N-ethyl adjacent to an activating group) is 2. The van der Waals surface area contributed by atoms with E-state index in [0.29, 0.717) is 11.1 Å². The fourth-order valence-electron chi connectivity index (χ4n) is 11.7. The van der Waals surface area contributed by atoms with E-state index < -0.39 is 116 Å². The van der Waals surface area contributed by atoms with Gasteiger partial charge >= 0.3 is 11.9 Å². The predicted molar refractivity (Wildman–Crippen MR) is 233 cm³/mol. The summed E-state index contributed by atoms with van der Waals surface area (Å²) in [7, 11) is -6.62. The summed E-state index contributed by atoms with van der Waals surface area (Å²) in [4.78, 5) is 89.6. The van der Waals surface area contributed by atoms with Crippen molar-refractivity contribution in [1.29, 1.82) is 0 Å². The molecule has 0 unspecified atom stereocenters. The number of hydrogen-bond acceptors (Lipinski definition) is 12. The van der Waals surface area contributed by atoms with Crippen molar-refractivity contribution >= 4 is 67.0 Å². The molecule has 20 heteroatoms. The molecule has 0 spiro atoms. The van der Waals surface area contributed by atoms with E-state index in [4.69, 9.17) is 9.47 Å². The van der Waals surface area contributed by atoms with Crippen LogP contribution in [0.5, 0.6) is 0 Å². The van der Waals surface area contributed by atoms with Gasteiger partial charge in [-0.25, -0.2) is 25.4 Å². The van der Waals surface area contributed by atoms with Gasteiger partial charge in [0.2, 0.25) is 11.8 Å². The molecular formula is C46H44N6O12S2. The molecule has 0 radical (unpaired) electrons. The van der Waals surface area contributed by atoms with Crippen molar-refractivity contribution in [2.24, 2.45) is 0 Å². The van der Waals surface area contributed by atoms with Crippen LogP contribution in [0, 0.1) is 0 Å². The Bertz CT molecular complexity index is 2790. The van der Waals surface area contributed by atoms with Gasteiger partial charge in [-0.1, -0.05) is 72.8 Å². The molecule has 18 nitrogen and oxygen atoms in total. The maximum absolute atomic E-state index is 15.6. The molecule has 66 heavy (non-hydrogen) atoms. The van der Waals surface area contributed by atoms with Crippen molar-refractivity contribution in [2.75, 3.05) is 35.9 Å². The Morgan fingerprint density at radius 2 is 0.864 bits per heavy atom. The van der Waals surface area contributed by atoms with Gasteiger partial charge in [0, 0.05) is 27.9 Å². The number of ether oxygens (including phenoxy) is 2. The molecule has 342 valence electrons. The number of esters is 2. The fourth-order valence-corrected chi connectivity index (χ4v) is 15.1. The van der Waals surface area contributed by atoms with Crippen molar-refractivity contribution in [2.45, 2.75) is 83.8 Å². The first-order valence-electron chi connectivity index (χ1n) is 21.3. The number of anilines is 2. The minimum absolute atomic E-state index is 0.128. The summed E-state index contributed by atoms with van der Waals surface area (Å²) in [5.41, 5.74) is -2.76. The first-order valence-corrected chi connectivity index (χ1v) is 24.1. The lowest BCUT2D eigenvalue weighted by Gasteiger charge is -2.50. The highest BCUT2D eigenvalue weighted by atomic mass is 32.2. The third-order valence-corrected chi connectivity index (χ3v) is 17.9. The Hall–Kier alpha value is -6.80. The van der Waals surface area contributed by atoms with E-state index in [2.05, 4.69) is 0 Å². The summed E-state index contributed by atoms with van der Waals surface area (Å²) < 4.78 is 75.2. The average molecular weight is 937 g/mol. The Morgan fingerprint density at radius 1 is 0.530 bits per heavy atom. The number of nitrogens with zero attached hydrogens (tertiary/aromatic N) is 6. The number of para-hydroxylation sites is 2. The van der Waals surface area contributed by atoms with E-state index >= 15 is 26.4 Å². The maximum Gasteiger partial charge on any atom is 0.302 e. The summed E-state index contributed by atoms with van der Waals surface area (Å²) >= 11 is 0. The molecule has 10 rings (SSSR count). The van der Waals surface area contributed by atoms with Crippen LogP contribution >= 0.6 is 0 Å². The molecule has 0 saturated carbocycles. The summed E-state index contributed by atoms with van der Waals surface area (Å²) in [5, 5.41) is 0. The summed E-state index contributed by atoms with van der Waals surface area (Å²) in [6.45, 7) is 1.20. The Kier molecular flexibility index (Phi) is 9.71. The average Bonchev–Trinajstić information content (AvgIpc) is 4.01. The van der Waals surface area contributed by atoms with Crippen LogP contribution in [0.4, 0.5) is 11.4 Å². The molecule has 8 atom stereocenters. The molecule has 6 heterocycles. The number of carbonyl (C=O) groups is 6. The number of carbonyl (C=O) groups excluding carboxylic acids is 6. The van der Waals surface area contributed by atoms with Gasteiger partial charge in [0.1, 0.15) is 49.7 Å². The molecule has 4 aromatic rings. The number of sulfonamides is 2. The Morgan fingerprint density at radius 3 is 1.21 bits per heavy atom. The lowest BCUT2D eigenvalue weighted by Crippen LogP contribution is -2.70. The summed E-state index contributed by atoms with van der Waals surface area (Å²) in [5.74, 6) is -4.14. The second kappa shape index (κ2) is 14.9. The molecule has 4 aromatic carbocycles. The van der Waals surface area contributed by atoms with E-state index in [1.165, 1.54) is 58.0 Å². The van der Waals surface area contributed by atoms with E-state index in [-0.39, 0.29) is 34.0 Å². The van der Waals surface area contributed by atoms with Crippen molar-refractivity contribution in [3.63, 3.8) is 0 Å². The fraction of sp³-hybridized carbons (Fsp3) is 0.348. The number of piperazine rings is 2. The van der Waals surface area contributed by atoms with Crippen molar-refractivity contribution in [1.82, 2.24) is 19.6 Å². The second-order valence-corrected chi connectivity index (χ2v) is 21.0. The van der Waals surface area contributed by atoms with Crippen molar-refractivity contribution in [3.8, 4) is 0 Å². The van der Waals surface area contributed by atoms with Crippen molar-refractivity contribution < 1.29 is 55.1 Å². The zero-order chi connectivity index (χ0) is 46.8. The number of fused-ring (bicyclic) bond motifs is 11. The van der Waals surface area contributed by atoms with E-state index in [0.717, 1.165) is 22.5 Å². The number of amides is 4. The quantitative estimate of drug-likeness (QED) is 0.221. The van der Waals surface area contributed by atoms with Gasteiger partial charge in [-0.15, -0.1) is 0 Å². The number of hydrogen-bond donors (Lipinski definition) is 0. The molecule has 6 aliphatic rings. The van der Waals surface area contributed by atoms with Gasteiger partial charge in [-0.05, 0) is 60.4 Å². The van der Waals surface area contributed by atoms with Gasteiger partial charge in [-0.3, -0.25) is 28.8 Å². The molecule has 6 aliphatic heterocycles. The smallest absolute Gasteiger partial charge is 0.302 e. The first-order chi connectivity index (χ1) is 31.4. The molecule has 4 saturated heterocycles. The standard InChI is InChI=1S/C46H44N6O12S2/c1-27(53)63-25-37-41(57)49-35(39(55)47(37)3)23-45(31-19-11-13-21-33(31)51(43(45)49)65(59,60)29-15-7-5-8-16-29)46-24-36-40(56)48(4)38(26-64-28(2)54)42(58)50(36)44(46)52(34-22-14-12-20-32(34)46)66(61,62)30-17-9-6-10-18-30/h5-22,35-38,43-44H,23-26H2,1-4H3/t35-,36-,37-,38-,43-,44-,45-,46-/m0/s1. The minimum atomic E-state index is -4.70. The molecule has 4 fully saturated rings. The van der Waals surface area contributed by atoms with Crippen LogP contribution in [0.1, 0.15) is 37.8 Å². The van der Waals surface area contributed by atoms with Crippen LogP contribution in [-0.4, -0.2) is 136 Å². The van der Waals surface area contributed by atoms with Gasteiger partial charge in [0.05, 0.1) is 32.0 Å². The minimum Gasteiger partial charge on any atom is -0.463 e. The molecule has 0 N–H and O–H groups in total. The number of rotatable bonds is 9. The number of benzene rings is 4. The zero-order valence-corrected chi connectivity index (χ0v) is 37.7. The molecule has 0 bridgehead atoms. The highest BCUT2D eigenvalue weighted by molar-refractivity contribution is 7.93. The van der Waals surface area contributed by atoms with Gasteiger partial charge < -0.3 is 29.1 Å². The topological polar surface area (TPSA) is 209 Å². The maximum atomic E-state index is 15.6. The monoisotopic (exact) mass is 936 g/mol. The molecule has 4 amide bonds. The van der Waals surface area contributed by atoms with E-state index in [1.807, 2.05) is 0 Å². The van der Waals surface area contributed by atoms with Crippen LogP contribution in [0.2, 0.25) is 0 Å². The molecular weight excluding hydrogens is 893 g/mol. The normalized spacial score (nSPS) is 28.7. The van der Waals surface area contributed by atoms with Crippen LogP contribution in [0.15, 0.2) is 119 Å². The van der Waals surface area contributed by atoms with Gasteiger partial charge in [0.15, 0.2) is 0 Å². The van der Waals surface area contributed by atoms with Gasteiger partial charge in [0.25, 0.3) is 31.9 Å². The molecule has 0 aliphatic carbocycles. The highest BCUT2D eigenvalue weighted by Gasteiger charge is 2.82. The third-order valence-electron chi connectivity index (χ3n) is 14.4. The van der Waals surface area contributed by atoms with Crippen LogP contribution in [0.3, 0.4) is 0 Å². The SMILES string of the molecule is CC(=O)OC[C@H]1C(=O)N2[C@@H](C[C@]3([C@]45C[C@H]6C(=O)N(C)[C@@H](COC(C)=O)C(=O)N6[C@H]4N(S(=O)(=O)c4ccccc4)c4ccccc45)c4ccccc4N(S(=O)(=O)c4ccccc4)[C@H]23)C(=O)N1C. The van der Waals surface area contributed by atoms with Crippen LogP contribution < -0.4 is 8.61 Å². The predicted octanol–water partition coefficient (Wildman–Crippen LogP) is 1.94. The van der Waals surface area contributed by atoms with Crippen LogP contribution in [0.25, 0.3) is 0 Å². The van der Waals surface area contributed by atoms with Gasteiger partial charge in [-0.2, -0.15) is 0 Å². The molecule has 0 aromatic heterocycles.